The molecule has 0 radical (unpaired) electrons. The van der Waals surface area contributed by atoms with E-state index in [1.165, 1.54) is 7.11 Å². The number of nitrogens with zero attached hydrogens (tertiary/aromatic N) is 1. The number of aliphatic hydroxyl groups excluding tert-OH is 1. The van der Waals surface area contributed by atoms with Crippen LogP contribution in [0.3, 0.4) is 0 Å². The molecule has 0 aliphatic carbocycles. The lowest BCUT2D eigenvalue weighted by Gasteiger charge is -2.20. The highest BCUT2D eigenvalue weighted by Crippen LogP contribution is 2.29. The highest BCUT2D eigenvalue weighted by Gasteiger charge is 2.22. The molecule has 6 heteroatoms. The molecule has 0 bridgehead atoms. The van der Waals surface area contributed by atoms with Crippen molar-refractivity contribution in [1.82, 2.24) is 4.90 Å². The zero-order chi connectivity index (χ0) is 17.7. The van der Waals surface area contributed by atoms with Crippen LogP contribution >= 0.6 is 0 Å². The molecule has 0 fully saturated rings. The lowest BCUT2D eigenvalue weighted by atomic mass is 9.97. The summed E-state index contributed by atoms with van der Waals surface area (Å²) in [5, 5.41) is 10.2. The summed E-state index contributed by atoms with van der Waals surface area (Å²) in [5.41, 5.74) is 1.69. The van der Waals surface area contributed by atoms with Crippen LogP contribution in [0.15, 0.2) is 18.2 Å². The minimum Gasteiger partial charge on any atom is -0.491 e. The number of amides is 1. The van der Waals surface area contributed by atoms with E-state index in [2.05, 4.69) is 4.74 Å². The van der Waals surface area contributed by atoms with Gasteiger partial charge in [-0.25, -0.2) is 0 Å². The Bertz CT molecular complexity index is 599. The van der Waals surface area contributed by atoms with Gasteiger partial charge in [0.2, 0.25) is 5.91 Å². The molecule has 0 aromatic heterocycles. The number of benzene rings is 1. The van der Waals surface area contributed by atoms with E-state index in [0.717, 1.165) is 16.9 Å². The Labute approximate surface area is 142 Å². The topological polar surface area (TPSA) is 76.1 Å². The minimum atomic E-state index is -0.554. The van der Waals surface area contributed by atoms with Gasteiger partial charge < -0.3 is 19.5 Å². The maximum atomic E-state index is 12.3. The molecule has 2 rings (SSSR count). The van der Waals surface area contributed by atoms with E-state index < -0.39 is 12.1 Å². The van der Waals surface area contributed by atoms with Gasteiger partial charge in [-0.05, 0) is 23.6 Å². The molecule has 1 unspecified atom stereocenters. The van der Waals surface area contributed by atoms with E-state index in [-0.39, 0.29) is 24.7 Å². The van der Waals surface area contributed by atoms with Gasteiger partial charge >= 0.3 is 5.97 Å². The molecule has 1 aromatic rings. The van der Waals surface area contributed by atoms with Crippen molar-refractivity contribution < 1.29 is 24.2 Å². The average molecular weight is 335 g/mol. The lowest BCUT2D eigenvalue weighted by molar-refractivity contribution is -0.143. The third-order valence-corrected chi connectivity index (χ3v) is 4.16. The van der Waals surface area contributed by atoms with Crippen LogP contribution in [0.25, 0.3) is 0 Å². The van der Waals surface area contributed by atoms with Crippen molar-refractivity contribution in [3.8, 4) is 5.75 Å². The first-order chi connectivity index (χ1) is 11.4. The number of carbonyl (C=O) groups excluding carboxylic acids is 2. The van der Waals surface area contributed by atoms with Gasteiger partial charge in [0, 0.05) is 18.5 Å². The van der Waals surface area contributed by atoms with Crippen LogP contribution in [0, 0.1) is 5.92 Å². The van der Waals surface area contributed by atoms with Crippen LogP contribution in [0.2, 0.25) is 0 Å². The van der Waals surface area contributed by atoms with Gasteiger partial charge in [0.15, 0.2) is 0 Å². The van der Waals surface area contributed by atoms with Crippen LogP contribution in [0.5, 0.6) is 5.75 Å². The number of hydrogen-bond acceptors (Lipinski definition) is 5. The van der Waals surface area contributed by atoms with Crippen LogP contribution in [0.1, 0.15) is 43.9 Å². The maximum Gasteiger partial charge on any atom is 0.306 e. The Hall–Kier alpha value is -2.08. The first-order valence-electron chi connectivity index (χ1n) is 8.20. The largest absolute Gasteiger partial charge is 0.491 e. The number of methoxy groups -OCH3 is 1. The van der Waals surface area contributed by atoms with E-state index >= 15 is 0 Å². The standard InChI is InChI=1S/C18H25NO5/c1-12(2)18(22)13-4-5-15-14(10-13)11-19(8-9-24-15)16(20)6-7-17(21)23-3/h4-5,10,12,18,22H,6-9,11H2,1-3H3. The first-order valence-corrected chi connectivity index (χ1v) is 8.20. The molecule has 0 spiro atoms. The molecule has 132 valence electrons. The summed E-state index contributed by atoms with van der Waals surface area (Å²) in [6.07, 6.45) is -0.357. The van der Waals surface area contributed by atoms with Crippen LogP contribution in [-0.2, 0) is 20.9 Å². The van der Waals surface area contributed by atoms with Crippen molar-refractivity contribution in [3.63, 3.8) is 0 Å². The maximum absolute atomic E-state index is 12.3. The summed E-state index contributed by atoms with van der Waals surface area (Å²) in [5.74, 6) is 0.342. The fraction of sp³-hybridized carbons (Fsp3) is 0.556. The normalized spacial score (nSPS) is 15.3. The fourth-order valence-corrected chi connectivity index (χ4v) is 2.67. The molecule has 1 aromatic carbocycles. The SMILES string of the molecule is COC(=O)CCC(=O)N1CCOc2ccc(C(O)C(C)C)cc2C1. The Kier molecular flexibility index (Phi) is 6.20. The van der Waals surface area contributed by atoms with Crippen molar-refractivity contribution in [1.29, 1.82) is 0 Å². The molecule has 1 aliphatic heterocycles. The summed E-state index contributed by atoms with van der Waals surface area (Å²) < 4.78 is 10.3. The molecular formula is C18H25NO5. The zero-order valence-electron chi connectivity index (χ0n) is 14.4. The van der Waals surface area contributed by atoms with E-state index in [4.69, 9.17) is 4.74 Å². The van der Waals surface area contributed by atoms with Crippen LogP contribution in [0.4, 0.5) is 0 Å². The Morgan fingerprint density at radius 1 is 1.33 bits per heavy atom. The molecule has 0 saturated heterocycles. The molecule has 1 atom stereocenters. The van der Waals surface area contributed by atoms with E-state index in [1.807, 2.05) is 32.0 Å². The molecule has 1 amide bonds. The molecule has 1 N–H and O–H groups in total. The molecule has 0 saturated carbocycles. The number of hydrogen-bond donors (Lipinski definition) is 1. The molecule has 1 heterocycles. The smallest absolute Gasteiger partial charge is 0.306 e. The first kappa shape index (κ1) is 18.3. The van der Waals surface area contributed by atoms with Crippen molar-refractivity contribution in [2.24, 2.45) is 5.92 Å². The number of rotatable bonds is 5. The third-order valence-electron chi connectivity index (χ3n) is 4.16. The highest BCUT2D eigenvalue weighted by molar-refractivity contribution is 5.81. The molecule has 6 nitrogen and oxygen atoms in total. The molecular weight excluding hydrogens is 310 g/mol. The predicted octanol–water partition coefficient (Wildman–Crippen LogP) is 2.05. The van der Waals surface area contributed by atoms with Crippen LogP contribution < -0.4 is 4.74 Å². The van der Waals surface area contributed by atoms with Gasteiger partial charge in [-0.1, -0.05) is 19.9 Å². The molecule has 24 heavy (non-hydrogen) atoms. The zero-order valence-corrected chi connectivity index (χ0v) is 14.4. The molecule has 1 aliphatic rings. The van der Waals surface area contributed by atoms with Gasteiger partial charge in [-0.3, -0.25) is 9.59 Å². The summed E-state index contributed by atoms with van der Waals surface area (Å²) in [4.78, 5) is 25.2. The summed E-state index contributed by atoms with van der Waals surface area (Å²) >= 11 is 0. The summed E-state index contributed by atoms with van der Waals surface area (Å²) in [7, 11) is 1.31. The Morgan fingerprint density at radius 3 is 2.75 bits per heavy atom. The van der Waals surface area contributed by atoms with Gasteiger partial charge in [-0.15, -0.1) is 0 Å². The number of ether oxygens (including phenoxy) is 2. The lowest BCUT2D eigenvalue weighted by Crippen LogP contribution is -2.32. The minimum absolute atomic E-state index is 0.0751. The van der Waals surface area contributed by atoms with Crippen molar-refractivity contribution in [2.75, 3.05) is 20.3 Å². The van der Waals surface area contributed by atoms with E-state index in [1.54, 1.807) is 4.90 Å². The fourth-order valence-electron chi connectivity index (χ4n) is 2.67. The number of carbonyl (C=O) groups is 2. The highest BCUT2D eigenvalue weighted by atomic mass is 16.5. The number of esters is 1. The quantitative estimate of drug-likeness (QED) is 0.834. The number of fused-ring (bicyclic) bond motifs is 1. The van der Waals surface area contributed by atoms with Crippen LogP contribution in [-0.4, -0.2) is 42.1 Å². The predicted molar refractivity (Wildman–Crippen MR) is 88.4 cm³/mol. The van der Waals surface area contributed by atoms with Crippen molar-refractivity contribution in [3.05, 3.63) is 29.3 Å². The van der Waals surface area contributed by atoms with Crippen molar-refractivity contribution >= 4 is 11.9 Å². The van der Waals surface area contributed by atoms with E-state index in [9.17, 15) is 14.7 Å². The second-order valence-electron chi connectivity index (χ2n) is 6.30. The second kappa shape index (κ2) is 8.15. The van der Waals surface area contributed by atoms with Gasteiger partial charge in [0.05, 0.1) is 26.2 Å². The monoisotopic (exact) mass is 335 g/mol. The number of aliphatic hydroxyl groups is 1. The van der Waals surface area contributed by atoms with Gasteiger partial charge in [-0.2, -0.15) is 0 Å². The summed E-state index contributed by atoms with van der Waals surface area (Å²) in [6.45, 7) is 5.19. The summed E-state index contributed by atoms with van der Waals surface area (Å²) in [6, 6.07) is 5.60. The Balaban J connectivity index is 2.11. The van der Waals surface area contributed by atoms with Gasteiger partial charge in [0.25, 0.3) is 0 Å². The van der Waals surface area contributed by atoms with Gasteiger partial charge in [0.1, 0.15) is 12.4 Å². The average Bonchev–Trinajstić information content (AvgIpc) is 2.80. The second-order valence-corrected chi connectivity index (χ2v) is 6.30. The van der Waals surface area contributed by atoms with Crippen molar-refractivity contribution in [2.45, 2.75) is 39.3 Å². The van der Waals surface area contributed by atoms with E-state index in [0.29, 0.717) is 19.7 Å². The third kappa shape index (κ3) is 4.47. The Morgan fingerprint density at radius 2 is 2.08 bits per heavy atom.